The Kier molecular flexibility index (Phi) is 8.14. The lowest BCUT2D eigenvalue weighted by atomic mass is 9.76. The molecule has 0 amide bonds. The maximum atomic E-state index is 13.1. The minimum absolute atomic E-state index is 0. The van der Waals surface area contributed by atoms with Gasteiger partial charge in [0.25, 0.3) is 0 Å². The number of quaternary nitrogens is 1. The molecule has 0 aromatic heterocycles. The van der Waals surface area contributed by atoms with Crippen LogP contribution in [0.3, 0.4) is 0 Å². The van der Waals surface area contributed by atoms with E-state index in [9.17, 15) is 9.90 Å². The molecule has 1 aliphatic rings. The molecule has 2 aromatic rings. The number of allylic oxidation sites excluding steroid dienone is 1. The second-order valence-electron chi connectivity index (χ2n) is 8.03. The zero-order chi connectivity index (χ0) is 20.0. The molecule has 0 spiro atoms. The van der Waals surface area contributed by atoms with E-state index < -0.39 is 11.5 Å². The smallest absolute Gasteiger partial charge is 0.167 e. The zero-order valence-electron chi connectivity index (χ0n) is 17.2. The fraction of sp³-hybridized carbons (Fsp3) is 0.320. The van der Waals surface area contributed by atoms with Crippen molar-refractivity contribution in [2.24, 2.45) is 5.92 Å². The zero-order valence-corrected chi connectivity index (χ0v) is 18.8. The molecule has 1 unspecified atom stereocenters. The van der Waals surface area contributed by atoms with Gasteiger partial charge in [0, 0.05) is 6.42 Å². The lowest BCUT2D eigenvalue weighted by Crippen LogP contribution is -3.00. The summed E-state index contributed by atoms with van der Waals surface area (Å²) in [6.07, 6.45) is 7.82. The van der Waals surface area contributed by atoms with Crippen molar-refractivity contribution < 1.29 is 31.4 Å². The molecule has 154 valence electrons. The summed E-state index contributed by atoms with van der Waals surface area (Å²) in [5.41, 5.74) is 0.893. The molecular formula is C25H30BrNO2. The highest BCUT2D eigenvalue weighted by Gasteiger charge is 2.48. The summed E-state index contributed by atoms with van der Waals surface area (Å²) in [5.74, 6) is -0.465. The predicted molar refractivity (Wildman–Crippen MR) is 115 cm³/mol. The fourth-order valence-electron chi connectivity index (χ4n) is 3.80. The monoisotopic (exact) mass is 455 g/mol. The fourth-order valence-corrected chi connectivity index (χ4v) is 3.80. The van der Waals surface area contributed by atoms with Crippen LogP contribution in [0.5, 0.6) is 0 Å². The highest BCUT2D eigenvalue weighted by Crippen LogP contribution is 2.34. The standard InChI is InChI=1S/C25H30NO2.BrH/c1-3-26(2)19-18-25(28,17-16-22-12-8-5-9-13-22)23(20-26)24(27)15-14-21-10-6-4-7-11-21;/h4-17,23,28H,3,18-20H2,1-2H3;1H/q+1;/p-1/b15-14+,17-16+;/t23-,25-,26?;/m0./s1. The SMILES string of the molecule is CC[N+]1(C)CC[C@@](O)(/C=C/c2ccccc2)[C@H](C(=O)/C=C/c2ccccc2)C1.[Br-]. The number of nitrogens with zero attached hydrogens (tertiary/aromatic N) is 1. The molecule has 0 bridgehead atoms. The van der Waals surface area contributed by atoms with Crippen molar-refractivity contribution in [2.75, 3.05) is 26.7 Å². The van der Waals surface area contributed by atoms with Crippen LogP contribution in [0, 0.1) is 5.92 Å². The van der Waals surface area contributed by atoms with Gasteiger partial charge in [-0.25, -0.2) is 0 Å². The molecule has 29 heavy (non-hydrogen) atoms. The highest BCUT2D eigenvalue weighted by molar-refractivity contribution is 5.96. The van der Waals surface area contributed by atoms with Gasteiger partial charge in [0.15, 0.2) is 5.78 Å². The Bertz CT molecular complexity index is 850. The Balaban J connectivity index is 0.00000300. The van der Waals surface area contributed by atoms with Crippen molar-refractivity contribution in [3.63, 3.8) is 0 Å². The first kappa shape index (κ1) is 23.3. The molecule has 0 aliphatic carbocycles. The van der Waals surface area contributed by atoms with Gasteiger partial charge < -0.3 is 26.6 Å². The molecule has 3 atom stereocenters. The minimum atomic E-state index is -1.12. The second kappa shape index (κ2) is 10.1. The van der Waals surface area contributed by atoms with Crippen LogP contribution in [0.1, 0.15) is 24.5 Å². The van der Waals surface area contributed by atoms with Crippen LogP contribution in [-0.4, -0.2) is 47.7 Å². The molecule has 3 rings (SSSR count). The predicted octanol–water partition coefficient (Wildman–Crippen LogP) is 1.20. The van der Waals surface area contributed by atoms with Gasteiger partial charge in [-0.15, -0.1) is 0 Å². The van der Waals surface area contributed by atoms with Gasteiger partial charge in [0.2, 0.25) is 0 Å². The molecule has 3 nitrogen and oxygen atoms in total. The first-order valence-electron chi connectivity index (χ1n) is 10.0. The summed E-state index contributed by atoms with van der Waals surface area (Å²) in [5, 5.41) is 11.4. The van der Waals surface area contributed by atoms with Gasteiger partial charge in [0.1, 0.15) is 11.5 Å². The molecule has 1 fully saturated rings. The van der Waals surface area contributed by atoms with Crippen molar-refractivity contribution in [1.82, 2.24) is 0 Å². The van der Waals surface area contributed by atoms with Gasteiger partial charge in [-0.3, -0.25) is 4.79 Å². The highest BCUT2D eigenvalue weighted by atomic mass is 79.9. The third-order valence-corrected chi connectivity index (χ3v) is 5.99. The summed E-state index contributed by atoms with van der Waals surface area (Å²) in [4.78, 5) is 13.1. The summed E-state index contributed by atoms with van der Waals surface area (Å²) < 4.78 is 0.803. The van der Waals surface area contributed by atoms with E-state index >= 15 is 0 Å². The number of hydrogen-bond acceptors (Lipinski definition) is 2. The first-order valence-corrected chi connectivity index (χ1v) is 10.0. The number of likely N-dealkylation sites (tertiary alicyclic amines) is 1. The molecule has 4 heteroatoms. The molecule has 0 radical (unpaired) electrons. The van der Waals surface area contributed by atoms with E-state index in [1.165, 1.54) is 0 Å². The number of carbonyl (C=O) groups excluding carboxylic acids is 1. The first-order chi connectivity index (χ1) is 13.4. The average molecular weight is 456 g/mol. The summed E-state index contributed by atoms with van der Waals surface area (Å²) in [6, 6.07) is 19.7. The third kappa shape index (κ3) is 5.99. The van der Waals surface area contributed by atoms with Crippen molar-refractivity contribution in [2.45, 2.75) is 18.9 Å². The van der Waals surface area contributed by atoms with Gasteiger partial charge in [0.05, 0.1) is 26.7 Å². The Labute approximate surface area is 184 Å². The van der Waals surface area contributed by atoms with Gasteiger partial charge in [-0.1, -0.05) is 78.9 Å². The minimum Gasteiger partial charge on any atom is -1.00 e. The number of ketones is 1. The summed E-state index contributed by atoms with van der Waals surface area (Å²) in [6.45, 7) is 4.60. The molecule has 0 saturated carbocycles. The molecule has 1 N–H and O–H groups in total. The van der Waals surface area contributed by atoms with E-state index in [0.717, 1.165) is 28.7 Å². The van der Waals surface area contributed by atoms with Crippen LogP contribution in [0.2, 0.25) is 0 Å². The van der Waals surface area contributed by atoms with E-state index in [4.69, 9.17) is 0 Å². The van der Waals surface area contributed by atoms with Crippen molar-refractivity contribution >= 4 is 17.9 Å². The van der Waals surface area contributed by atoms with E-state index in [-0.39, 0.29) is 22.8 Å². The number of halogens is 1. The van der Waals surface area contributed by atoms with Crippen molar-refractivity contribution in [3.8, 4) is 0 Å². The Morgan fingerprint density at radius 1 is 1.07 bits per heavy atom. The van der Waals surface area contributed by atoms with Crippen LogP contribution in [-0.2, 0) is 4.79 Å². The van der Waals surface area contributed by atoms with Crippen LogP contribution in [0.15, 0.2) is 72.8 Å². The lowest BCUT2D eigenvalue weighted by Gasteiger charge is -2.46. The topological polar surface area (TPSA) is 37.3 Å². The number of rotatable bonds is 6. The molecule has 1 heterocycles. The maximum Gasteiger partial charge on any atom is 0.167 e. The van der Waals surface area contributed by atoms with Gasteiger partial charge in [-0.2, -0.15) is 0 Å². The molecule has 2 aromatic carbocycles. The lowest BCUT2D eigenvalue weighted by molar-refractivity contribution is -0.916. The Morgan fingerprint density at radius 2 is 1.62 bits per heavy atom. The quantitative estimate of drug-likeness (QED) is 0.524. The van der Waals surface area contributed by atoms with Crippen LogP contribution < -0.4 is 17.0 Å². The average Bonchev–Trinajstić information content (AvgIpc) is 2.74. The number of aliphatic hydroxyl groups is 1. The number of piperidine rings is 1. The number of carbonyl (C=O) groups is 1. The Hall–Kier alpha value is -2.01. The largest absolute Gasteiger partial charge is 1.00 e. The van der Waals surface area contributed by atoms with Gasteiger partial charge in [-0.05, 0) is 24.1 Å². The van der Waals surface area contributed by atoms with Crippen LogP contribution >= 0.6 is 0 Å². The van der Waals surface area contributed by atoms with E-state index in [1.807, 2.05) is 78.9 Å². The van der Waals surface area contributed by atoms with Crippen molar-refractivity contribution in [3.05, 3.63) is 83.9 Å². The maximum absolute atomic E-state index is 13.1. The summed E-state index contributed by atoms with van der Waals surface area (Å²) in [7, 11) is 2.17. The van der Waals surface area contributed by atoms with E-state index in [1.54, 1.807) is 6.08 Å². The summed E-state index contributed by atoms with van der Waals surface area (Å²) >= 11 is 0. The number of hydrogen-bond donors (Lipinski definition) is 1. The Morgan fingerprint density at radius 3 is 2.17 bits per heavy atom. The second-order valence-corrected chi connectivity index (χ2v) is 8.03. The van der Waals surface area contributed by atoms with Gasteiger partial charge >= 0.3 is 0 Å². The molecular weight excluding hydrogens is 426 g/mol. The third-order valence-electron chi connectivity index (χ3n) is 5.99. The normalized spacial score (nSPS) is 27.1. The van der Waals surface area contributed by atoms with E-state index in [0.29, 0.717) is 13.0 Å². The van der Waals surface area contributed by atoms with Crippen LogP contribution in [0.25, 0.3) is 12.2 Å². The van der Waals surface area contributed by atoms with Crippen molar-refractivity contribution in [1.29, 1.82) is 0 Å². The number of benzene rings is 2. The van der Waals surface area contributed by atoms with E-state index in [2.05, 4.69) is 14.0 Å². The molecule has 1 aliphatic heterocycles. The molecule has 1 saturated heterocycles. The van der Waals surface area contributed by atoms with Crippen LogP contribution in [0.4, 0.5) is 0 Å².